The molecule has 0 fully saturated rings. The van der Waals surface area contributed by atoms with Crippen molar-refractivity contribution in [1.82, 2.24) is 4.57 Å². The van der Waals surface area contributed by atoms with Crippen LogP contribution in [0.15, 0.2) is 42.6 Å². The van der Waals surface area contributed by atoms with Gasteiger partial charge in [-0.3, -0.25) is 4.79 Å². The van der Waals surface area contributed by atoms with Gasteiger partial charge in [0.25, 0.3) is 0 Å². The molecule has 0 amide bonds. The summed E-state index contributed by atoms with van der Waals surface area (Å²) in [5.74, 6) is 0.942. The summed E-state index contributed by atoms with van der Waals surface area (Å²) in [6.45, 7) is 7.17. The first-order valence-electron chi connectivity index (χ1n) is 9.02. The number of fused-ring (bicyclic) bond motifs is 1. The summed E-state index contributed by atoms with van der Waals surface area (Å²) < 4.78 is 8.04. The fourth-order valence-electron chi connectivity index (χ4n) is 3.31. The summed E-state index contributed by atoms with van der Waals surface area (Å²) in [7, 11) is 0. The Morgan fingerprint density at radius 1 is 1.23 bits per heavy atom. The molecule has 3 aromatic rings. The maximum absolute atomic E-state index is 12.0. The maximum Gasteiger partial charge on any atom is 0.161 e. The zero-order valence-corrected chi connectivity index (χ0v) is 16.3. The zero-order valence-electron chi connectivity index (χ0n) is 15.5. The minimum Gasteiger partial charge on any atom is -0.494 e. The second-order valence-corrected chi connectivity index (χ2v) is 6.98. The van der Waals surface area contributed by atoms with E-state index in [2.05, 4.69) is 17.6 Å². The predicted molar refractivity (Wildman–Crippen MR) is 108 cm³/mol. The molecule has 0 aliphatic heterocycles. The molecule has 26 heavy (non-hydrogen) atoms. The van der Waals surface area contributed by atoms with Gasteiger partial charge in [0.2, 0.25) is 0 Å². The van der Waals surface area contributed by atoms with Gasteiger partial charge in [-0.1, -0.05) is 36.7 Å². The van der Waals surface area contributed by atoms with Gasteiger partial charge in [0, 0.05) is 28.7 Å². The monoisotopic (exact) mass is 369 g/mol. The molecule has 0 saturated heterocycles. The van der Waals surface area contributed by atoms with Gasteiger partial charge in [0.05, 0.1) is 12.1 Å². The molecular weight excluding hydrogens is 346 g/mol. The molecule has 1 aromatic heterocycles. The molecule has 0 saturated carbocycles. The van der Waals surface area contributed by atoms with Crippen molar-refractivity contribution in [1.29, 1.82) is 0 Å². The Hall–Kier alpha value is -2.26. The van der Waals surface area contributed by atoms with Crippen molar-refractivity contribution < 1.29 is 9.53 Å². The lowest BCUT2D eigenvalue weighted by molar-refractivity contribution is 0.101. The van der Waals surface area contributed by atoms with E-state index in [9.17, 15) is 4.79 Å². The van der Waals surface area contributed by atoms with Crippen molar-refractivity contribution in [2.45, 2.75) is 40.2 Å². The number of aryl methyl sites for hydroxylation is 3. The number of ketones is 1. The van der Waals surface area contributed by atoms with Gasteiger partial charge >= 0.3 is 0 Å². The molecule has 4 heteroatoms. The van der Waals surface area contributed by atoms with E-state index in [1.54, 1.807) is 6.92 Å². The van der Waals surface area contributed by atoms with Gasteiger partial charge in [0.15, 0.2) is 5.78 Å². The van der Waals surface area contributed by atoms with Crippen LogP contribution < -0.4 is 4.74 Å². The molecule has 0 atom stereocenters. The molecule has 0 bridgehead atoms. The van der Waals surface area contributed by atoms with Crippen molar-refractivity contribution in [2.75, 3.05) is 6.61 Å². The van der Waals surface area contributed by atoms with Gasteiger partial charge in [-0.2, -0.15) is 0 Å². The third kappa shape index (κ3) is 3.78. The van der Waals surface area contributed by atoms with Crippen LogP contribution in [0.1, 0.15) is 41.8 Å². The average Bonchev–Trinajstić information content (AvgIpc) is 3.01. The number of nitrogens with zero attached hydrogens (tertiary/aromatic N) is 1. The summed E-state index contributed by atoms with van der Waals surface area (Å²) in [6, 6.07) is 11.9. The van der Waals surface area contributed by atoms with Gasteiger partial charge in [-0.15, -0.1) is 0 Å². The Labute approximate surface area is 159 Å². The van der Waals surface area contributed by atoms with Gasteiger partial charge < -0.3 is 9.30 Å². The van der Waals surface area contributed by atoms with Crippen LogP contribution in [0.4, 0.5) is 0 Å². The lowest BCUT2D eigenvalue weighted by Gasteiger charge is -2.10. The number of para-hydroxylation sites is 1. The van der Waals surface area contributed by atoms with Gasteiger partial charge in [-0.25, -0.2) is 0 Å². The summed E-state index contributed by atoms with van der Waals surface area (Å²) in [5.41, 5.74) is 4.25. The van der Waals surface area contributed by atoms with Crippen LogP contribution in [0.3, 0.4) is 0 Å². The number of aromatic nitrogens is 1. The first-order chi connectivity index (χ1) is 12.5. The number of carbonyl (C=O) groups excluding carboxylic acids is 1. The fourth-order valence-corrected chi connectivity index (χ4v) is 3.43. The Kier molecular flexibility index (Phi) is 5.67. The summed E-state index contributed by atoms with van der Waals surface area (Å²) >= 11 is 6.05. The van der Waals surface area contributed by atoms with Crippen molar-refractivity contribution in [3.05, 3.63) is 64.3 Å². The summed E-state index contributed by atoms with van der Waals surface area (Å²) in [5, 5.41) is 1.80. The van der Waals surface area contributed by atoms with Gasteiger partial charge in [-0.05, 0) is 56.0 Å². The fraction of sp³-hybridized carbons (Fsp3) is 0.318. The lowest BCUT2D eigenvalue weighted by Crippen LogP contribution is -2.05. The Balaban J connectivity index is 1.74. The minimum atomic E-state index is 0.106. The van der Waals surface area contributed by atoms with E-state index in [1.165, 1.54) is 11.1 Å². The third-order valence-electron chi connectivity index (χ3n) is 4.68. The number of rotatable bonds is 7. The molecule has 0 aliphatic carbocycles. The van der Waals surface area contributed by atoms with Crippen LogP contribution in [-0.2, 0) is 13.0 Å². The number of ether oxygens (including phenoxy) is 1. The van der Waals surface area contributed by atoms with Crippen LogP contribution in [0.25, 0.3) is 10.9 Å². The second kappa shape index (κ2) is 7.96. The molecule has 1 heterocycles. The Morgan fingerprint density at radius 2 is 2.04 bits per heavy atom. The molecule has 3 rings (SSSR count). The molecule has 0 spiro atoms. The van der Waals surface area contributed by atoms with E-state index in [0.29, 0.717) is 6.61 Å². The maximum atomic E-state index is 12.0. The smallest absolute Gasteiger partial charge is 0.161 e. The highest BCUT2D eigenvalue weighted by Crippen LogP contribution is 2.26. The highest BCUT2D eigenvalue weighted by Gasteiger charge is 2.14. The standard InChI is InChI=1S/C22H24ClNO2/c1-4-17-7-5-8-19-20(16(3)25)14-24(22(17)19)11-6-12-26-18-9-10-21(23)15(2)13-18/h5,7-10,13-14H,4,6,11-12H2,1-3H3. The van der Waals surface area contributed by atoms with Crippen molar-refractivity contribution >= 4 is 28.3 Å². The molecular formula is C22H24ClNO2. The summed E-state index contributed by atoms with van der Waals surface area (Å²) in [6.07, 6.45) is 3.79. The van der Waals surface area contributed by atoms with Crippen molar-refractivity contribution in [3.63, 3.8) is 0 Å². The number of hydrogen-bond donors (Lipinski definition) is 0. The third-order valence-corrected chi connectivity index (χ3v) is 5.11. The molecule has 0 aliphatic rings. The number of benzene rings is 2. The highest BCUT2D eigenvalue weighted by atomic mass is 35.5. The Bertz CT molecular complexity index is 943. The van der Waals surface area contributed by atoms with Gasteiger partial charge in [0.1, 0.15) is 5.75 Å². The topological polar surface area (TPSA) is 31.2 Å². The van der Waals surface area contributed by atoms with Crippen molar-refractivity contribution in [2.24, 2.45) is 0 Å². The van der Waals surface area contributed by atoms with E-state index in [4.69, 9.17) is 16.3 Å². The van der Waals surface area contributed by atoms with E-state index in [-0.39, 0.29) is 5.78 Å². The molecule has 2 aromatic carbocycles. The van der Waals surface area contributed by atoms with E-state index < -0.39 is 0 Å². The van der Waals surface area contributed by atoms with Crippen LogP contribution in [0.5, 0.6) is 5.75 Å². The van der Waals surface area contributed by atoms with E-state index in [0.717, 1.165) is 46.7 Å². The zero-order chi connectivity index (χ0) is 18.7. The van der Waals surface area contributed by atoms with E-state index >= 15 is 0 Å². The van der Waals surface area contributed by atoms with Crippen LogP contribution >= 0.6 is 11.6 Å². The quantitative estimate of drug-likeness (QED) is 0.387. The SMILES string of the molecule is CCc1cccc2c(C(C)=O)cn(CCCOc3ccc(Cl)c(C)c3)c12. The molecule has 0 N–H and O–H groups in total. The molecule has 0 unspecified atom stereocenters. The number of carbonyl (C=O) groups is 1. The number of Topliss-reactive ketones (excluding diaryl/α,β-unsaturated/α-hetero) is 1. The molecule has 3 nitrogen and oxygen atoms in total. The van der Waals surface area contributed by atoms with Crippen LogP contribution in [0, 0.1) is 6.92 Å². The first kappa shape index (κ1) is 18.5. The van der Waals surface area contributed by atoms with E-state index in [1.807, 2.05) is 43.5 Å². The minimum absolute atomic E-state index is 0.106. The average molecular weight is 370 g/mol. The molecule has 136 valence electrons. The van der Waals surface area contributed by atoms with Crippen LogP contribution in [0.2, 0.25) is 5.02 Å². The number of halogens is 1. The molecule has 0 radical (unpaired) electrons. The normalized spacial score (nSPS) is 11.1. The largest absolute Gasteiger partial charge is 0.494 e. The predicted octanol–water partition coefficient (Wildman–Crippen LogP) is 5.84. The first-order valence-corrected chi connectivity index (χ1v) is 9.39. The van der Waals surface area contributed by atoms with Crippen molar-refractivity contribution in [3.8, 4) is 5.75 Å². The lowest BCUT2D eigenvalue weighted by atomic mass is 10.1. The van der Waals surface area contributed by atoms with Crippen LogP contribution in [-0.4, -0.2) is 17.0 Å². The summed E-state index contributed by atoms with van der Waals surface area (Å²) in [4.78, 5) is 12.0. The number of hydrogen-bond acceptors (Lipinski definition) is 2. The Morgan fingerprint density at radius 3 is 2.73 bits per heavy atom. The second-order valence-electron chi connectivity index (χ2n) is 6.57. The highest BCUT2D eigenvalue weighted by molar-refractivity contribution is 6.31.